The van der Waals surface area contributed by atoms with Gasteiger partial charge < -0.3 is 19.9 Å². The lowest BCUT2D eigenvalue weighted by molar-refractivity contribution is 0.397. The maximum atomic E-state index is 5.16. The van der Waals surface area contributed by atoms with E-state index in [1.54, 1.807) is 20.4 Å². The molecule has 2 N–H and O–H groups in total. The fraction of sp³-hybridized carbons (Fsp3) is 0.250. The van der Waals surface area contributed by atoms with Gasteiger partial charge in [-0.25, -0.2) is 9.97 Å². The summed E-state index contributed by atoms with van der Waals surface area (Å²) < 4.78 is 5.16. The zero-order chi connectivity index (χ0) is 19.1. The summed E-state index contributed by atoms with van der Waals surface area (Å²) in [6.45, 7) is 1.25. The van der Waals surface area contributed by atoms with Gasteiger partial charge in [0.05, 0.1) is 25.5 Å². The lowest BCUT2D eigenvalue weighted by atomic mass is 10.2. The van der Waals surface area contributed by atoms with E-state index in [1.807, 2.05) is 48.5 Å². The van der Waals surface area contributed by atoms with E-state index < -0.39 is 0 Å². The summed E-state index contributed by atoms with van der Waals surface area (Å²) in [5.41, 5.74) is 3.19. The monoisotopic (exact) mass is 492 g/mol. The Balaban J connectivity index is 0.00000280. The number of hydrogen-bond acceptors (Lipinski definition) is 4. The second-order valence-corrected chi connectivity index (χ2v) is 6.07. The summed E-state index contributed by atoms with van der Waals surface area (Å²) in [4.78, 5) is 18.3. The van der Waals surface area contributed by atoms with Gasteiger partial charge in [0, 0.05) is 32.9 Å². The Labute approximate surface area is 182 Å². The van der Waals surface area contributed by atoms with E-state index in [2.05, 4.69) is 37.4 Å². The summed E-state index contributed by atoms with van der Waals surface area (Å²) in [5.74, 6) is 2.26. The van der Waals surface area contributed by atoms with Crippen molar-refractivity contribution < 1.29 is 4.74 Å². The molecule has 0 bridgehead atoms. The normalized spacial score (nSPS) is 10.9. The number of methoxy groups -OCH3 is 1. The Morgan fingerprint density at radius 1 is 1.21 bits per heavy atom. The van der Waals surface area contributed by atoms with E-state index in [1.165, 1.54) is 0 Å². The van der Waals surface area contributed by atoms with Gasteiger partial charge >= 0.3 is 0 Å². The molecule has 0 aliphatic carbocycles. The minimum atomic E-state index is 0. The second kappa shape index (κ2) is 10.6. The third-order valence-corrected chi connectivity index (χ3v) is 4.13. The van der Waals surface area contributed by atoms with Crippen LogP contribution in [0, 0.1) is 0 Å². The Morgan fingerprint density at radius 3 is 2.71 bits per heavy atom. The van der Waals surface area contributed by atoms with Crippen LogP contribution in [-0.2, 0) is 13.1 Å². The molecule has 2 heterocycles. The lowest BCUT2D eigenvalue weighted by Gasteiger charge is -2.21. The van der Waals surface area contributed by atoms with Crippen LogP contribution in [0.15, 0.2) is 59.9 Å². The van der Waals surface area contributed by atoms with Crippen LogP contribution in [0.25, 0.3) is 11.3 Å². The average Bonchev–Trinajstić information content (AvgIpc) is 3.18. The van der Waals surface area contributed by atoms with Crippen LogP contribution in [0.1, 0.15) is 11.4 Å². The number of nitrogens with zero attached hydrogens (tertiary/aromatic N) is 4. The summed E-state index contributed by atoms with van der Waals surface area (Å²) in [5, 5.41) is 3.35. The molecule has 0 spiro atoms. The molecular formula is C20H25IN6O. The number of aromatic nitrogens is 3. The van der Waals surface area contributed by atoms with Crippen LogP contribution in [0.2, 0.25) is 0 Å². The third-order valence-electron chi connectivity index (χ3n) is 4.13. The molecule has 7 nitrogen and oxygen atoms in total. The van der Waals surface area contributed by atoms with Crippen molar-refractivity contribution in [1.82, 2.24) is 25.2 Å². The predicted molar refractivity (Wildman–Crippen MR) is 122 cm³/mol. The second-order valence-electron chi connectivity index (χ2n) is 6.07. The fourth-order valence-electron chi connectivity index (χ4n) is 2.74. The summed E-state index contributed by atoms with van der Waals surface area (Å²) >= 11 is 0. The lowest BCUT2D eigenvalue weighted by Crippen LogP contribution is -2.38. The number of rotatable bonds is 6. The van der Waals surface area contributed by atoms with Crippen LogP contribution in [0.4, 0.5) is 0 Å². The van der Waals surface area contributed by atoms with Crippen LogP contribution < -0.4 is 10.1 Å². The highest BCUT2D eigenvalue weighted by Crippen LogP contribution is 2.16. The number of benzene rings is 1. The first-order valence-corrected chi connectivity index (χ1v) is 8.69. The molecule has 0 radical (unpaired) electrons. The maximum absolute atomic E-state index is 5.16. The van der Waals surface area contributed by atoms with Crippen LogP contribution in [-0.4, -0.2) is 47.0 Å². The van der Waals surface area contributed by atoms with Gasteiger partial charge in [-0.1, -0.05) is 30.3 Å². The van der Waals surface area contributed by atoms with Crippen molar-refractivity contribution in [2.45, 2.75) is 13.1 Å². The number of nitrogens with one attached hydrogen (secondary N) is 2. The number of hydrogen-bond donors (Lipinski definition) is 2. The molecule has 0 fully saturated rings. The molecule has 0 atom stereocenters. The van der Waals surface area contributed by atoms with Crippen molar-refractivity contribution in [3.05, 3.63) is 66.2 Å². The molecule has 3 aromatic rings. The number of ether oxygens (including phenoxy) is 1. The number of aromatic amines is 1. The van der Waals surface area contributed by atoms with Gasteiger partial charge in [0.2, 0.25) is 5.88 Å². The molecule has 0 saturated carbocycles. The minimum Gasteiger partial charge on any atom is -0.481 e. The molecule has 2 aromatic heterocycles. The van der Waals surface area contributed by atoms with Gasteiger partial charge in [0.25, 0.3) is 0 Å². The first kappa shape index (κ1) is 21.7. The molecule has 1 aromatic carbocycles. The molecule has 8 heteroatoms. The van der Waals surface area contributed by atoms with E-state index in [-0.39, 0.29) is 24.0 Å². The SMILES string of the molecule is CN=C(NCc1ccnc(OC)c1)N(C)Cc1ncc(-c2ccccc2)[nH]1.I. The quantitative estimate of drug-likeness (QED) is 0.314. The molecule has 0 saturated heterocycles. The molecule has 28 heavy (non-hydrogen) atoms. The molecule has 3 rings (SSSR count). The number of guanidine groups is 1. The first-order chi connectivity index (χ1) is 13.2. The Kier molecular flexibility index (Phi) is 8.24. The Hall–Kier alpha value is -2.62. The van der Waals surface area contributed by atoms with Crippen LogP contribution in [0.5, 0.6) is 5.88 Å². The summed E-state index contributed by atoms with van der Waals surface area (Å²) in [6, 6.07) is 14.0. The van der Waals surface area contributed by atoms with Gasteiger partial charge in [0.1, 0.15) is 5.82 Å². The number of H-pyrrole nitrogens is 1. The molecule has 0 unspecified atom stereocenters. The van der Waals surface area contributed by atoms with Gasteiger partial charge in [-0.2, -0.15) is 0 Å². The van der Waals surface area contributed by atoms with Crippen molar-refractivity contribution in [2.75, 3.05) is 21.2 Å². The number of imidazole rings is 1. The average molecular weight is 492 g/mol. The molecular weight excluding hydrogens is 467 g/mol. The zero-order valence-electron chi connectivity index (χ0n) is 16.2. The van der Waals surface area contributed by atoms with Crippen molar-refractivity contribution in [3.63, 3.8) is 0 Å². The van der Waals surface area contributed by atoms with Crippen molar-refractivity contribution in [1.29, 1.82) is 0 Å². The largest absolute Gasteiger partial charge is 0.481 e. The van der Waals surface area contributed by atoms with Crippen molar-refractivity contribution >= 4 is 29.9 Å². The van der Waals surface area contributed by atoms with Gasteiger partial charge in [0.15, 0.2) is 5.96 Å². The van der Waals surface area contributed by atoms with Crippen LogP contribution >= 0.6 is 24.0 Å². The highest BCUT2D eigenvalue weighted by atomic mass is 127. The molecule has 0 aliphatic heterocycles. The highest BCUT2D eigenvalue weighted by molar-refractivity contribution is 14.0. The number of halogens is 1. The van der Waals surface area contributed by atoms with Gasteiger partial charge in [-0.05, 0) is 17.2 Å². The smallest absolute Gasteiger partial charge is 0.213 e. The Morgan fingerprint density at radius 2 is 2.00 bits per heavy atom. The third kappa shape index (κ3) is 5.69. The van der Waals surface area contributed by atoms with E-state index in [4.69, 9.17) is 4.74 Å². The first-order valence-electron chi connectivity index (χ1n) is 8.69. The topological polar surface area (TPSA) is 78.4 Å². The molecule has 0 amide bonds. The maximum Gasteiger partial charge on any atom is 0.213 e. The number of pyridine rings is 1. The minimum absolute atomic E-state index is 0. The fourth-order valence-corrected chi connectivity index (χ4v) is 2.74. The predicted octanol–water partition coefficient (Wildman–Crippen LogP) is 3.31. The van der Waals surface area contributed by atoms with E-state index in [0.29, 0.717) is 19.0 Å². The van der Waals surface area contributed by atoms with Gasteiger partial charge in [-0.3, -0.25) is 4.99 Å². The Bertz CT molecular complexity index is 896. The zero-order valence-corrected chi connectivity index (χ0v) is 18.5. The summed E-state index contributed by atoms with van der Waals surface area (Å²) in [7, 11) is 5.36. The van der Waals surface area contributed by atoms with E-state index in [0.717, 1.165) is 28.6 Å². The molecule has 0 aliphatic rings. The van der Waals surface area contributed by atoms with Gasteiger partial charge in [-0.15, -0.1) is 24.0 Å². The van der Waals surface area contributed by atoms with Crippen LogP contribution in [0.3, 0.4) is 0 Å². The standard InChI is InChI=1S/C20H24N6O.HI/c1-21-20(24-12-15-9-10-22-19(11-15)27-3)26(2)14-18-23-13-17(25-18)16-7-5-4-6-8-16;/h4-11,13H,12,14H2,1-3H3,(H,21,24)(H,23,25);1H. The molecule has 148 valence electrons. The number of aliphatic imine (C=N–C) groups is 1. The van der Waals surface area contributed by atoms with E-state index >= 15 is 0 Å². The van der Waals surface area contributed by atoms with E-state index in [9.17, 15) is 0 Å². The summed E-state index contributed by atoms with van der Waals surface area (Å²) in [6.07, 6.45) is 3.59. The highest BCUT2D eigenvalue weighted by Gasteiger charge is 2.10. The van der Waals surface area contributed by atoms with Crippen molar-refractivity contribution in [3.8, 4) is 17.1 Å². The van der Waals surface area contributed by atoms with Crippen molar-refractivity contribution in [2.24, 2.45) is 4.99 Å².